The van der Waals surface area contributed by atoms with E-state index in [4.69, 9.17) is 0 Å². The number of likely N-dealkylation sites (N-methyl/N-ethyl adjacent to an activating group) is 1. The van der Waals surface area contributed by atoms with Crippen molar-refractivity contribution in [2.75, 3.05) is 13.6 Å². The maximum atomic E-state index is 3.74. The summed E-state index contributed by atoms with van der Waals surface area (Å²) >= 11 is 0. The molecule has 1 aromatic carbocycles. The molecule has 0 aromatic heterocycles. The average molecular weight is 201 g/mol. The molecule has 0 aliphatic rings. The lowest BCUT2D eigenvalue weighted by atomic mass is 10.2. The minimum atomic E-state index is 0.434. The fraction of sp³-hybridized carbons (Fsp3) is 0.286. The molecule has 0 heterocycles. The van der Waals surface area contributed by atoms with Crippen molar-refractivity contribution in [1.82, 2.24) is 4.90 Å². The third-order valence-corrected chi connectivity index (χ3v) is 2.48. The highest BCUT2D eigenvalue weighted by molar-refractivity contribution is 5.49. The number of hydrogen-bond acceptors (Lipinski definition) is 1. The molecule has 0 bridgehead atoms. The summed E-state index contributed by atoms with van der Waals surface area (Å²) in [6.45, 7) is 6.84. The molecule has 0 spiro atoms. The smallest absolute Gasteiger partial charge is 0.0253 e. The van der Waals surface area contributed by atoms with E-state index >= 15 is 0 Å². The zero-order chi connectivity index (χ0) is 11.1. The van der Waals surface area contributed by atoms with E-state index in [2.05, 4.69) is 61.9 Å². The van der Waals surface area contributed by atoms with Crippen LogP contribution < -0.4 is 0 Å². The summed E-state index contributed by atoms with van der Waals surface area (Å²) in [5.74, 6) is 0. The van der Waals surface area contributed by atoms with Crippen LogP contribution >= 0.6 is 0 Å². The number of nitrogens with zero attached hydrogens (tertiary/aromatic N) is 1. The van der Waals surface area contributed by atoms with E-state index in [-0.39, 0.29) is 0 Å². The lowest BCUT2D eigenvalue weighted by Crippen LogP contribution is -2.27. The van der Waals surface area contributed by atoms with E-state index in [0.717, 1.165) is 6.54 Å². The van der Waals surface area contributed by atoms with E-state index in [0.29, 0.717) is 6.04 Å². The Morgan fingerprint density at radius 1 is 1.33 bits per heavy atom. The number of benzene rings is 1. The molecule has 0 radical (unpaired) electrons. The molecule has 0 aliphatic heterocycles. The van der Waals surface area contributed by atoms with Crippen LogP contribution in [0, 0.1) is 0 Å². The van der Waals surface area contributed by atoms with Crippen LogP contribution in [0.15, 0.2) is 49.1 Å². The van der Waals surface area contributed by atoms with Crippen molar-refractivity contribution in [3.05, 3.63) is 54.6 Å². The topological polar surface area (TPSA) is 3.24 Å². The molecule has 1 unspecified atom stereocenters. The van der Waals surface area contributed by atoms with Crippen LogP contribution in [0.3, 0.4) is 0 Å². The van der Waals surface area contributed by atoms with Crippen LogP contribution in [-0.4, -0.2) is 24.5 Å². The van der Waals surface area contributed by atoms with Crippen molar-refractivity contribution < 1.29 is 0 Å². The molecule has 80 valence electrons. The molecule has 0 fully saturated rings. The monoisotopic (exact) mass is 201 g/mol. The van der Waals surface area contributed by atoms with Gasteiger partial charge in [-0.25, -0.2) is 0 Å². The fourth-order valence-electron chi connectivity index (χ4n) is 1.33. The van der Waals surface area contributed by atoms with Gasteiger partial charge in [-0.05, 0) is 19.5 Å². The zero-order valence-corrected chi connectivity index (χ0v) is 9.56. The van der Waals surface area contributed by atoms with E-state index in [9.17, 15) is 0 Å². The molecular formula is C14H19N. The third-order valence-electron chi connectivity index (χ3n) is 2.48. The molecule has 1 rings (SSSR count). The summed E-state index contributed by atoms with van der Waals surface area (Å²) in [4.78, 5) is 2.24. The van der Waals surface area contributed by atoms with Crippen LogP contribution in [0.2, 0.25) is 0 Å². The summed E-state index contributed by atoms with van der Waals surface area (Å²) in [5.41, 5.74) is 1.25. The van der Waals surface area contributed by atoms with E-state index in [1.54, 1.807) is 0 Å². The molecular weight excluding hydrogens is 182 g/mol. The first kappa shape index (κ1) is 11.7. The normalized spacial score (nSPS) is 13.3. The second kappa shape index (κ2) is 6.20. The Morgan fingerprint density at radius 2 is 2.00 bits per heavy atom. The predicted octanol–water partition coefficient (Wildman–Crippen LogP) is 3.21. The van der Waals surface area contributed by atoms with Gasteiger partial charge in [0.05, 0.1) is 0 Å². The minimum Gasteiger partial charge on any atom is -0.297 e. The van der Waals surface area contributed by atoms with Gasteiger partial charge in [0, 0.05) is 12.6 Å². The van der Waals surface area contributed by atoms with Crippen LogP contribution in [0.4, 0.5) is 0 Å². The highest BCUT2D eigenvalue weighted by atomic mass is 15.1. The van der Waals surface area contributed by atoms with Gasteiger partial charge in [-0.3, -0.25) is 4.90 Å². The lowest BCUT2D eigenvalue weighted by Gasteiger charge is -2.19. The van der Waals surface area contributed by atoms with Gasteiger partial charge < -0.3 is 0 Å². The lowest BCUT2D eigenvalue weighted by molar-refractivity contribution is 0.330. The van der Waals surface area contributed by atoms with Gasteiger partial charge in [0.25, 0.3) is 0 Å². The number of hydrogen-bond donors (Lipinski definition) is 0. The van der Waals surface area contributed by atoms with Crippen LogP contribution in [0.1, 0.15) is 12.5 Å². The second-order valence-corrected chi connectivity index (χ2v) is 3.74. The summed E-state index contributed by atoms with van der Waals surface area (Å²) < 4.78 is 0. The van der Waals surface area contributed by atoms with Crippen LogP contribution in [0.5, 0.6) is 0 Å². The largest absolute Gasteiger partial charge is 0.297 e. The Kier molecular flexibility index (Phi) is 4.85. The van der Waals surface area contributed by atoms with Crippen molar-refractivity contribution >= 4 is 6.08 Å². The van der Waals surface area contributed by atoms with Crippen molar-refractivity contribution in [3.8, 4) is 0 Å². The predicted molar refractivity (Wildman–Crippen MR) is 67.8 cm³/mol. The first-order valence-corrected chi connectivity index (χ1v) is 5.28. The highest BCUT2D eigenvalue weighted by Gasteiger charge is 2.01. The summed E-state index contributed by atoms with van der Waals surface area (Å²) in [6, 6.07) is 10.8. The van der Waals surface area contributed by atoms with E-state index in [1.165, 1.54) is 5.56 Å². The van der Waals surface area contributed by atoms with Gasteiger partial charge in [-0.1, -0.05) is 48.6 Å². The van der Waals surface area contributed by atoms with Gasteiger partial charge in [0.15, 0.2) is 0 Å². The van der Waals surface area contributed by atoms with Crippen LogP contribution in [-0.2, 0) is 0 Å². The fourth-order valence-corrected chi connectivity index (χ4v) is 1.33. The van der Waals surface area contributed by atoms with Crippen molar-refractivity contribution in [2.24, 2.45) is 0 Å². The molecule has 1 nitrogen and oxygen atoms in total. The summed E-state index contributed by atoms with van der Waals surface area (Å²) in [6.07, 6.45) is 6.29. The molecule has 1 heteroatoms. The van der Waals surface area contributed by atoms with Gasteiger partial charge >= 0.3 is 0 Å². The Morgan fingerprint density at radius 3 is 2.60 bits per heavy atom. The maximum absolute atomic E-state index is 3.74. The molecule has 15 heavy (non-hydrogen) atoms. The molecule has 1 aromatic rings. The SMILES string of the molecule is C=CCN(C)C(C)C=Cc1ccccc1. The van der Waals surface area contributed by atoms with Crippen molar-refractivity contribution in [2.45, 2.75) is 13.0 Å². The summed E-state index contributed by atoms with van der Waals surface area (Å²) in [5, 5.41) is 0. The third kappa shape index (κ3) is 4.13. The standard InChI is InChI=1S/C14H19N/c1-4-12-15(3)13(2)10-11-14-8-6-5-7-9-14/h4-11,13H,1,12H2,2-3H3. The molecule has 0 saturated carbocycles. The van der Waals surface area contributed by atoms with Crippen LogP contribution in [0.25, 0.3) is 6.08 Å². The van der Waals surface area contributed by atoms with Gasteiger partial charge in [-0.15, -0.1) is 6.58 Å². The molecule has 1 atom stereocenters. The maximum Gasteiger partial charge on any atom is 0.0253 e. The molecule has 0 aliphatic carbocycles. The average Bonchev–Trinajstić information content (AvgIpc) is 2.27. The quantitative estimate of drug-likeness (QED) is 0.661. The number of rotatable bonds is 5. The Balaban J connectivity index is 2.54. The second-order valence-electron chi connectivity index (χ2n) is 3.74. The first-order valence-electron chi connectivity index (χ1n) is 5.28. The van der Waals surface area contributed by atoms with E-state index < -0.39 is 0 Å². The molecule has 0 N–H and O–H groups in total. The zero-order valence-electron chi connectivity index (χ0n) is 9.56. The first-order chi connectivity index (χ1) is 7.24. The van der Waals surface area contributed by atoms with Gasteiger partial charge in [0.1, 0.15) is 0 Å². The Bertz CT molecular complexity index is 313. The summed E-state index contributed by atoms with van der Waals surface area (Å²) in [7, 11) is 2.10. The molecule has 0 amide bonds. The Hall–Kier alpha value is -1.34. The van der Waals surface area contributed by atoms with Gasteiger partial charge in [-0.2, -0.15) is 0 Å². The minimum absolute atomic E-state index is 0.434. The highest BCUT2D eigenvalue weighted by Crippen LogP contribution is 2.04. The van der Waals surface area contributed by atoms with E-state index in [1.807, 2.05) is 12.1 Å². The molecule has 0 saturated heterocycles. The van der Waals surface area contributed by atoms with Gasteiger partial charge in [0.2, 0.25) is 0 Å². The van der Waals surface area contributed by atoms with Crippen molar-refractivity contribution in [1.29, 1.82) is 0 Å². The van der Waals surface area contributed by atoms with Crippen molar-refractivity contribution in [3.63, 3.8) is 0 Å². The Labute approximate surface area is 92.7 Å².